The minimum absolute atomic E-state index is 0.0438. The van der Waals surface area contributed by atoms with E-state index in [-0.39, 0.29) is 11.6 Å². The fourth-order valence-corrected chi connectivity index (χ4v) is 3.38. The van der Waals surface area contributed by atoms with Gasteiger partial charge in [-0.3, -0.25) is 9.59 Å². The molecule has 0 saturated heterocycles. The predicted molar refractivity (Wildman–Crippen MR) is 117 cm³/mol. The van der Waals surface area contributed by atoms with Crippen LogP contribution in [0, 0.1) is 0 Å². The van der Waals surface area contributed by atoms with E-state index in [2.05, 4.69) is 10.3 Å². The van der Waals surface area contributed by atoms with Crippen LogP contribution in [0.2, 0.25) is 5.02 Å². The summed E-state index contributed by atoms with van der Waals surface area (Å²) in [7, 11) is 0. The highest BCUT2D eigenvalue weighted by molar-refractivity contribution is 6.30. The van der Waals surface area contributed by atoms with E-state index in [1.54, 1.807) is 18.2 Å². The van der Waals surface area contributed by atoms with Crippen LogP contribution in [-0.2, 0) is 6.42 Å². The lowest BCUT2D eigenvalue weighted by Gasteiger charge is -2.19. The van der Waals surface area contributed by atoms with E-state index in [9.17, 15) is 9.59 Å². The molecular weight excluding hydrogens is 400 g/mol. The predicted octanol–water partition coefficient (Wildman–Crippen LogP) is 5.00. The van der Waals surface area contributed by atoms with Crippen molar-refractivity contribution in [3.05, 3.63) is 117 Å². The molecular formula is C24H19ClN2O3. The van der Waals surface area contributed by atoms with Gasteiger partial charge in [-0.15, -0.1) is 0 Å². The third-order valence-electron chi connectivity index (χ3n) is 4.80. The number of aromatic nitrogens is 1. The molecule has 4 aromatic rings. The van der Waals surface area contributed by atoms with Gasteiger partial charge in [0.1, 0.15) is 11.3 Å². The third kappa shape index (κ3) is 4.53. The van der Waals surface area contributed by atoms with Crippen LogP contribution in [0.5, 0.6) is 0 Å². The van der Waals surface area contributed by atoms with E-state index in [1.165, 1.54) is 12.3 Å². The van der Waals surface area contributed by atoms with Crippen LogP contribution >= 0.6 is 11.6 Å². The van der Waals surface area contributed by atoms with Crippen LogP contribution in [0.15, 0.2) is 94.3 Å². The Bertz CT molecular complexity index is 1180. The van der Waals surface area contributed by atoms with E-state index in [0.717, 1.165) is 11.1 Å². The van der Waals surface area contributed by atoms with Crippen LogP contribution in [0.4, 0.5) is 0 Å². The van der Waals surface area contributed by atoms with Gasteiger partial charge >= 0.3 is 0 Å². The molecule has 2 aromatic carbocycles. The summed E-state index contributed by atoms with van der Waals surface area (Å²) in [6.45, 7) is 0. The van der Waals surface area contributed by atoms with Crippen molar-refractivity contribution in [1.29, 1.82) is 0 Å². The van der Waals surface area contributed by atoms with Gasteiger partial charge in [-0.25, -0.2) is 0 Å². The normalized spacial score (nSPS) is 11.8. The van der Waals surface area contributed by atoms with Crippen molar-refractivity contribution in [2.24, 2.45) is 0 Å². The number of rotatable bonds is 6. The zero-order valence-electron chi connectivity index (χ0n) is 16.0. The number of hydrogen-bond donors (Lipinski definition) is 2. The van der Waals surface area contributed by atoms with Crippen LogP contribution in [-0.4, -0.2) is 10.9 Å². The Morgan fingerprint density at radius 2 is 1.73 bits per heavy atom. The molecule has 2 heterocycles. The lowest BCUT2D eigenvalue weighted by atomic mass is 9.98. The number of furan rings is 1. The van der Waals surface area contributed by atoms with Gasteiger partial charge < -0.3 is 14.7 Å². The molecule has 6 heteroatoms. The summed E-state index contributed by atoms with van der Waals surface area (Å²) < 4.78 is 5.29. The average Bonchev–Trinajstić information content (AvgIpc) is 3.30. The highest BCUT2D eigenvalue weighted by Gasteiger charge is 2.19. The van der Waals surface area contributed by atoms with E-state index in [1.807, 2.05) is 54.6 Å². The molecule has 2 N–H and O–H groups in total. The first-order valence-corrected chi connectivity index (χ1v) is 9.85. The third-order valence-corrected chi connectivity index (χ3v) is 5.05. The minimum atomic E-state index is -0.472. The van der Waals surface area contributed by atoms with Crippen molar-refractivity contribution >= 4 is 17.5 Å². The first-order valence-electron chi connectivity index (χ1n) is 9.47. The maximum absolute atomic E-state index is 12.9. The van der Waals surface area contributed by atoms with Crippen molar-refractivity contribution in [3.63, 3.8) is 0 Å². The lowest BCUT2D eigenvalue weighted by Crippen LogP contribution is -2.33. The van der Waals surface area contributed by atoms with E-state index in [0.29, 0.717) is 22.9 Å². The second-order valence-corrected chi connectivity index (χ2v) is 7.30. The standard InChI is InChI=1S/C24H19ClN2O3/c25-18-10-8-16(9-11-18)15-21(17-5-2-1-3-6-17)27-24(29)19-12-13-20(26-23(19)28)22-7-4-14-30-22/h1-14,21H,15H2,(H,26,28)(H,27,29). The van der Waals surface area contributed by atoms with Gasteiger partial charge in [0, 0.05) is 5.02 Å². The smallest absolute Gasteiger partial charge is 0.261 e. The van der Waals surface area contributed by atoms with Crippen molar-refractivity contribution < 1.29 is 9.21 Å². The maximum Gasteiger partial charge on any atom is 0.261 e. The fraction of sp³-hybridized carbons (Fsp3) is 0.0833. The summed E-state index contributed by atoms with van der Waals surface area (Å²) >= 11 is 5.98. The molecule has 0 bridgehead atoms. The van der Waals surface area contributed by atoms with Crippen LogP contribution in [0.1, 0.15) is 27.5 Å². The largest absolute Gasteiger partial charge is 0.463 e. The number of benzene rings is 2. The molecule has 4 rings (SSSR count). The van der Waals surface area contributed by atoms with Crippen LogP contribution in [0.3, 0.4) is 0 Å². The van der Waals surface area contributed by atoms with Crippen molar-refractivity contribution in [2.45, 2.75) is 12.5 Å². The van der Waals surface area contributed by atoms with Gasteiger partial charge in [0.05, 0.1) is 18.0 Å². The molecule has 0 spiro atoms. The Hall–Kier alpha value is -3.57. The van der Waals surface area contributed by atoms with Crippen LogP contribution in [0.25, 0.3) is 11.5 Å². The molecule has 1 atom stereocenters. The first kappa shape index (κ1) is 19.7. The Labute approximate surface area is 178 Å². The number of nitrogens with one attached hydrogen (secondary N) is 2. The topological polar surface area (TPSA) is 75.1 Å². The highest BCUT2D eigenvalue weighted by atomic mass is 35.5. The second kappa shape index (κ2) is 8.84. The van der Waals surface area contributed by atoms with Gasteiger partial charge in [-0.05, 0) is 53.9 Å². The summed E-state index contributed by atoms with van der Waals surface area (Å²) in [5.41, 5.74) is 2.06. The Morgan fingerprint density at radius 3 is 2.40 bits per heavy atom. The van der Waals surface area contributed by atoms with Gasteiger partial charge in [0.2, 0.25) is 0 Å². The van der Waals surface area contributed by atoms with Crippen LogP contribution < -0.4 is 10.9 Å². The van der Waals surface area contributed by atoms with E-state index in [4.69, 9.17) is 16.0 Å². The molecule has 1 unspecified atom stereocenters. The molecule has 0 aliphatic heterocycles. The van der Waals surface area contributed by atoms with Gasteiger partial charge in [-0.1, -0.05) is 54.1 Å². The van der Waals surface area contributed by atoms with Gasteiger partial charge in [-0.2, -0.15) is 0 Å². The zero-order chi connectivity index (χ0) is 20.9. The summed E-state index contributed by atoms with van der Waals surface area (Å²) in [6, 6.07) is 23.5. The highest BCUT2D eigenvalue weighted by Crippen LogP contribution is 2.21. The van der Waals surface area contributed by atoms with E-state index >= 15 is 0 Å². The summed E-state index contributed by atoms with van der Waals surface area (Å²) in [5.74, 6) is 0.0917. The minimum Gasteiger partial charge on any atom is -0.463 e. The molecule has 0 radical (unpaired) electrons. The average molecular weight is 419 g/mol. The number of pyridine rings is 1. The molecule has 150 valence electrons. The van der Waals surface area contributed by atoms with Gasteiger partial charge in [0.25, 0.3) is 11.5 Å². The molecule has 0 aliphatic carbocycles. The summed E-state index contributed by atoms with van der Waals surface area (Å²) in [4.78, 5) is 28.1. The number of carbonyl (C=O) groups excluding carboxylic acids is 1. The maximum atomic E-state index is 12.9. The fourth-order valence-electron chi connectivity index (χ4n) is 3.26. The lowest BCUT2D eigenvalue weighted by molar-refractivity contribution is 0.0935. The SMILES string of the molecule is O=C(NC(Cc1ccc(Cl)cc1)c1ccccc1)c1ccc(-c2ccco2)[nH]c1=O. The molecule has 0 aliphatic rings. The first-order chi connectivity index (χ1) is 14.6. The molecule has 1 amide bonds. The molecule has 0 fully saturated rings. The monoisotopic (exact) mass is 418 g/mol. The quantitative estimate of drug-likeness (QED) is 0.462. The van der Waals surface area contributed by atoms with Gasteiger partial charge in [0.15, 0.2) is 0 Å². The molecule has 0 saturated carbocycles. The Kier molecular flexibility index (Phi) is 5.82. The Morgan fingerprint density at radius 1 is 0.967 bits per heavy atom. The summed E-state index contributed by atoms with van der Waals surface area (Å²) in [5, 5.41) is 3.65. The number of H-pyrrole nitrogens is 1. The number of hydrogen-bond acceptors (Lipinski definition) is 3. The van der Waals surface area contributed by atoms with Crippen molar-refractivity contribution in [3.8, 4) is 11.5 Å². The van der Waals surface area contributed by atoms with Crippen molar-refractivity contribution in [1.82, 2.24) is 10.3 Å². The number of halogens is 1. The van der Waals surface area contributed by atoms with E-state index < -0.39 is 11.5 Å². The number of amides is 1. The second-order valence-electron chi connectivity index (χ2n) is 6.86. The van der Waals surface area contributed by atoms with Crippen molar-refractivity contribution in [2.75, 3.05) is 0 Å². The zero-order valence-corrected chi connectivity index (χ0v) is 16.7. The molecule has 2 aromatic heterocycles. The number of carbonyl (C=O) groups is 1. The molecule has 30 heavy (non-hydrogen) atoms. The number of aromatic amines is 1. The molecule has 5 nitrogen and oxygen atoms in total. The summed E-state index contributed by atoms with van der Waals surface area (Å²) in [6.07, 6.45) is 2.09. The Balaban J connectivity index is 1.58.